The van der Waals surface area contributed by atoms with Crippen LogP contribution in [-0.4, -0.2) is 39.2 Å². The summed E-state index contributed by atoms with van der Waals surface area (Å²) < 4.78 is 12.8. The van der Waals surface area contributed by atoms with Gasteiger partial charge in [0, 0.05) is 33.1 Å². The van der Waals surface area contributed by atoms with Crippen LogP contribution in [-0.2, 0) is 0 Å². The highest BCUT2D eigenvalue weighted by Crippen LogP contribution is 2.44. The van der Waals surface area contributed by atoms with Crippen LogP contribution in [0.3, 0.4) is 0 Å². The summed E-state index contributed by atoms with van der Waals surface area (Å²) in [6.45, 7) is 0. The summed E-state index contributed by atoms with van der Waals surface area (Å²) >= 11 is 0. The molecule has 0 radical (unpaired) electrons. The zero-order chi connectivity index (χ0) is 38.1. The molecule has 0 unspecified atom stereocenters. The first-order valence-corrected chi connectivity index (χ1v) is 19.3. The van der Waals surface area contributed by atoms with Gasteiger partial charge in [0.1, 0.15) is 61.6 Å². The molecule has 0 amide bonds. The van der Waals surface area contributed by atoms with Crippen molar-refractivity contribution in [2.24, 2.45) is 0 Å². The lowest BCUT2D eigenvalue weighted by molar-refractivity contribution is 0.669. The van der Waals surface area contributed by atoms with Crippen molar-refractivity contribution in [3.05, 3.63) is 158 Å². The Kier molecular flexibility index (Phi) is 8.11. The third kappa shape index (κ3) is 5.43. The summed E-state index contributed by atoms with van der Waals surface area (Å²) in [6.07, 6.45) is 0. The van der Waals surface area contributed by atoms with Crippen molar-refractivity contribution in [2.45, 2.75) is 0 Å². The Balaban J connectivity index is 1.06. The third-order valence-electron chi connectivity index (χ3n) is 12.1. The molecular formula is C48H36B5NO2. The van der Waals surface area contributed by atoms with Crippen LogP contribution in [0.1, 0.15) is 0 Å². The van der Waals surface area contributed by atoms with E-state index >= 15 is 0 Å². The minimum absolute atomic E-state index is 0.864. The van der Waals surface area contributed by atoms with Crippen LogP contribution in [0, 0.1) is 0 Å². The molecule has 0 fully saturated rings. The van der Waals surface area contributed by atoms with Crippen LogP contribution < -0.4 is 32.2 Å². The minimum Gasteiger partial charge on any atom is -0.456 e. The van der Waals surface area contributed by atoms with E-state index in [0.717, 1.165) is 72.1 Å². The molecule has 10 aromatic rings. The molecule has 8 heteroatoms. The van der Waals surface area contributed by atoms with Gasteiger partial charge < -0.3 is 13.7 Å². The average Bonchev–Trinajstić information content (AvgIpc) is 3.82. The fraction of sp³-hybridized carbons (Fsp3) is 0. The highest BCUT2D eigenvalue weighted by Gasteiger charge is 2.20. The summed E-state index contributed by atoms with van der Waals surface area (Å²) in [5.74, 6) is 0. The lowest BCUT2D eigenvalue weighted by Crippen LogP contribution is -2.55. The van der Waals surface area contributed by atoms with Gasteiger partial charge in [0.25, 0.3) is 0 Å². The Morgan fingerprint density at radius 3 is 1.50 bits per heavy atom. The van der Waals surface area contributed by atoms with Gasteiger partial charge in [-0.05, 0) is 76.3 Å². The molecule has 2 heterocycles. The summed E-state index contributed by atoms with van der Waals surface area (Å²) in [5.41, 5.74) is 20.8. The molecule has 56 heavy (non-hydrogen) atoms. The average molecular weight is 713 g/mol. The van der Waals surface area contributed by atoms with Crippen molar-refractivity contribution in [1.29, 1.82) is 0 Å². The highest BCUT2D eigenvalue weighted by atomic mass is 16.3. The highest BCUT2D eigenvalue weighted by molar-refractivity contribution is 6.68. The fourth-order valence-corrected chi connectivity index (χ4v) is 8.70. The van der Waals surface area contributed by atoms with Crippen molar-refractivity contribution in [3.8, 4) is 33.4 Å². The van der Waals surface area contributed by atoms with Crippen LogP contribution in [0.15, 0.2) is 167 Å². The number of benzene rings is 8. The molecule has 0 aliphatic rings. The first kappa shape index (κ1) is 34.0. The fourth-order valence-electron chi connectivity index (χ4n) is 8.70. The Morgan fingerprint density at radius 1 is 0.357 bits per heavy atom. The molecule has 2 aromatic heterocycles. The maximum absolute atomic E-state index is 6.41. The standard InChI is InChI=1S/C48H36B5NO2/c49-43-41(44(50)46(52)47(53)45(43)51)30-17-15-27(16-18-30)28-19-23-31(24-20-28)54(37-11-6-14-40-42(37)36-8-2-4-13-39(36)55-40)32-25-21-29(22-26-32)33-9-5-10-35-34-7-1-3-12-38(34)56-48(33)35/h1-26H,49-53H2. The van der Waals surface area contributed by atoms with Crippen molar-refractivity contribution in [1.82, 2.24) is 0 Å². The van der Waals surface area contributed by atoms with Gasteiger partial charge in [0.15, 0.2) is 0 Å². The number of nitrogens with zero attached hydrogens (tertiary/aromatic N) is 1. The van der Waals surface area contributed by atoms with Crippen LogP contribution in [0.5, 0.6) is 0 Å². The van der Waals surface area contributed by atoms with Crippen LogP contribution >= 0.6 is 0 Å². The van der Waals surface area contributed by atoms with Gasteiger partial charge in [0.05, 0.1) is 11.1 Å². The molecule has 0 bridgehead atoms. The predicted molar refractivity (Wildman–Crippen MR) is 253 cm³/mol. The SMILES string of the molecule is Bc1c(B)c(B)c(-c2ccc(-c3ccc(N(c4ccc(-c5cccc6c5oc5ccccc56)cc4)c4cccc5oc6ccccc6c45)cc3)cc2)c(B)c1B. The normalized spacial score (nSPS) is 11.6. The Morgan fingerprint density at radius 2 is 0.839 bits per heavy atom. The monoisotopic (exact) mass is 713 g/mol. The van der Waals surface area contributed by atoms with Gasteiger partial charge in [-0.2, -0.15) is 0 Å². The molecule has 0 saturated heterocycles. The molecule has 8 aromatic carbocycles. The maximum Gasteiger partial charge on any atom is 0.143 e. The number of rotatable bonds is 6. The topological polar surface area (TPSA) is 29.5 Å². The van der Waals surface area contributed by atoms with Crippen LogP contribution in [0.25, 0.3) is 77.3 Å². The van der Waals surface area contributed by atoms with E-state index < -0.39 is 0 Å². The second kappa shape index (κ2) is 13.4. The molecule has 0 N–H and O–H groups in total. The second-order valence-corrected chi connectivity index (χ2v) is 15.0. The number of anilines is 3. The van der Waals surface area contributed by atoms with E-state index in [1.807, 2.05) is 24.3 Å². The third-order valence-corrected chi connectivity index (χ3v) is 12.1. The van der Waals surface area contributed by atoms with Crippen molar-refractivity contribution in [3.63, 3.8) is 0 Å². The summed E-state index contributed by atoms with van der Waals surface area (Å²) in [7, 11) is 11.2. The van der Waals surface area contributed by atoms with Gasteiger partial charge >= 0.3 is 0 Å². The van der Waals surface area contributed by atoms with Gasteiger partial charge in [-0.1, -0.05) is 120 Å². The van der Waals surface area contributed by atoms with Gasteiger partial charge in [-0.25, -0.2) is 0 Å². The van der Waals surface area contributed by atoms with Crippen molar-refractivity contribution in [2.75, 3.05) is 4.90 Å². The first-order chi connectivity index (χ1) is 27.4. The first-order valence-electron chi connectivity index (χ1n) is 19.3. The molecule has 0 saturated carbocycles. The zero-order valence-corrected chi connectivity index (χ0v) is 32.3. The zero-order valence-electron chi connectivity index (χ0n) is 32.3. The molecule has 0 atom stereocenters. The molecular weight excluding hydrogens is 677 g/mol. The number of furan rings is 2. The van der Waals surface area contributed by atoms with Crippen molar-refractivity contribution >= 4 is 127 Å². The molecule has 3 nitrogen and oxygen atoms in total. The van der Waals surface area contributed by atoms with E-state index in [2.05, 4.69) is 178 Å². The van der Waals surface area contributed by atoms with Crippen molar-refractivity contribution < 1.29 is 8.83 Å². The number of fused-ring (bicyclic) bond motifs is 6. The van der Waals surface area contributed by atoms with Crippen LogP contribution in [0.4, 0.5) is 17.1 Å². The van der Waals surface area contributed by atoms with E-state index in [4.69, 9.17) is 8.83 Å². The van der Waals surface area contributed by atoms with Gasteiger partial charge in [0.2, 0.25) is 0 Å². The molecule has 10 rings (SSSR count). The maximum atomic E-state index is 6.41. The number of para-hydroxylation sites is 3. The van der Waals surface area contributed by atoms with E-state index in [9.17, 15) is 0 Å². The molecule has 0 aliphatic heterocycles. The molecule has 260 valence electrons. The smallest absolute Gasteiger partial charge is 0.143 e. The Bertz CT molecular complexity index is 3100. The lowest BCUT2D eigenvalue weighted by Gasteiger charge is -2.26. The van der Waals surface area contributed by atoms with E-state index in [1.54, 1.807) is 0 Å². The Labute approximate surface area is 331 Å². The van der Waals surface area contributed by atoms with Gasteiger partial charge in [-0.3, -0.25) is 0 Å². The van der Waals surface area contributed by atoms with E-state index in [-0.39, 0.29) is 0 Å². The Hall–Kier alpha value is -6.52. The minimum atomic E-state index is 0.864. The quantitative estimate of drug-likeness (QED) is 0.221. The summed E-state index contributed by atoms with van der Waals surface area (Å²) in [4.78, 5) is 2.34. The largest absolute Gasteiger partial charge is 0.456 e. The van der Waals surface area contributed by atoms with Crippen LogP contribution in [0.2, 0.25) is 0 Å². The van der Waals surface area contributed by atoms with E-state index in [1.165, 1.54) is 49.6 Å². The summed E-state index contributed by atoms with van der Waals surface area (Å²) in [5, 5.41) is 4.44. The lowest BCUT2D eigenvalue weighted by atomic mass is 9.59. The number of hydrogen-bond acceptors (Lipinski definition) is 3. The predicted octanol–water partition coefficient (Wildman–Crippen LogP) is 5.25. The van der Waals surface area contributed by atoms with Gasteiger partial charge in [-0.15, -0.1) is 16.4 Å². The number of hydrogen-bond donors (Lipinski definition) is 0. The second-order valence-electron chi connectivity index (χ2n) is 15.0. The summed E-state index contributed by atoms with van der Waals surface area (Å²) in [6, 6.07) is 56.1. The molecule has 0 aliphatic carbocycles. The molecule has 0 spiro atoms. The van der Waals surface area contributed by atoms with E-state index in [0.29, 0.717) is 0 Å².